The molecule has 2 rings (SSSR count). The molecule has 0 fully saturated rings. The molecule has 0 radical (unpaired) electrons. The molecule has 0 aliphatic carbocycles. The lowest BCUT2D eigenvalue weighted by Crippen LogP contribution is -2.29. The van der Waals surface area contributed by atoms with Crippen LogP contribution in [0.2, 0.25) is 0 Å². The summed E-state index contributed by atoms with van der Waals surface area (Å²) in [5.41, 5.74) is 3.84. The third-order valence-corrected chi connectivity index (χ3v) is 2.03. The molecule has 1 aromatic heterocycles. The van der Waals surface area contributed by atoms with Gasteiger partial charge in [-0.15, -0.1) is 0 Å². The molecular formula is C10H10N2O2. The molecule has 0 bridgehead atoms. The lowest BCUT2D eigenvalue weighted by atomic mass is 10.2. The molecule has 0 atom stereocenters. The Morgan fingerprint density at radius 1 is 1.43 bits per heavy atom. The van der Waals surface area contributed by atoms with Crippen LogP contribution in [0, 0.1) is 6.92 Å². The van der Waals surface area contributed by atoms with Gasteiger partial charge in [0.2, 0.25) is 0 Å². The number of rotatable bonds is 1. The molecule has 0 spiro atoms. The van der Waals surface area contributed by atoms with Crippen LogP contribution < -0.4 is 11.3 Å². The molecular weight excluding hydrogens is 180 g/mol. The highest BCUT2D eigenvalue weighted by molar-refractivity contribution is 5.95. The largest absolute Gasteiger partial charge is 0.451 e. The van der Waals surface area contributed by atoms with Crippen molar-refractivity contribution in [2.24, 2.45) is 5.84 Å². The molecule has 0 saturated carbocycles. The molecule has 1 amide bonds. The Bertz CT molecular complexity index is 488. The van der Waals surface area contributed by atoms with Gasteiger partial charge in [0.25, 0.3) is 0 Å². The average molecular weight is 190 g/mol. The number of nitrogens with two attached hydrogens (primary N) is 1. The number of furan rings is 1. The van der Waals surface area contributed by atoms with Gasteiger partial charge >= 0.3 is 5.91 Å². The van der Waals surface area contributed by atoms with E-state index in [1.54, 1.807) is 6.07 Å². The monoisotopic (exact) mass is 190 g/mol. The predicted molar refractivity (Wildman–Crippen MR) is 52.6 cm³/mol. The van der Waals surface area contributed by atoms with E-state index >= 15 is 0 Å². The van der Waals surface area contributed by atoms with Crippen LogP contribution in [0.15, 0.2) is 28.7 Å². The number of hydrogen-bond acceptors (Lipinski definition) is 3. The molecule has 2 aromatic rings. The molecule has 1 heterocycles. The summed E-state index contributed by atoms with van der Waals surface area (Å²) >= 11 is 0. The summed E-state index contributed by atoms with van der Waals surface area (Å²) in [6.45, 7) is 1.98. The summed E-state index contributed by atoms with van der Waals surface area (Å²) < 4.78 is 5.28. The van der Waals surface area contributed by atoms with Crippen molar-refractivity contribution >= 4 is 16.9 Å². The first-order valence-corrected chi connectivity index (χ1v) is 4.22. The fourth-order valence-electron chi connectivity index (χ4n) is 1.35. The molecule has 14 heavy (non-hydrogen) atoms. The van der Waals surface area contributed by atoms with Crippen LogP contribution >= 0.6 is 0 Å². The van der Waals surface area contributed by atoms with Crippen molar-refractivity contribution in [1.82, 2.24) is 5.43 Å². The molecule has 72 valence electrons. The van der Waals surface area contributed by atoms with Gasteiger partial charge in [0.05, 0.1) is 0 Å². The van der Waals surface area contributed by atoms with Crippen LogP contribution in [-0.4, -0.2) is 5.91 Å². The van der Waals surface area contributed by atoms with Crippen molar-refractivity contribution in [3.05, 3.63) is 35.6 Å². The van der Waals surface area contributed by atoms with Crippen LogP contribution in [0.5, 0.6) is 0 Å². The van der Waals surface area contributed by atoms with Crippen molar-refractivity contribution in [3.8, 4) is 0 Å². The van der Waals surface area contributed by atoms with E-state index in [1.807, 2.05) is 30.5 Å². The maximum absolute atomic E-state index is 11.1. The van der Waals surface area contributed by atoms with Gasteiger partial charge in [-0.1, -0.05) is 11.6 Å². The Balaban J connectivity index is 2.56. The third-order valence-electron chi connectivity index (χ3n) is 2.03. The quantitative estimate of drug-likeness (QED) is 0.405. The van der Waals surface area contributed by atoms with E-state index < -0.39 is 5.91 Å². The van der Waals surface area contributed by atoms with Crippen molar-refractivity contribution in [2.45, 2.75) is 6.92 Å². The maximum atomic E-state index is 11.1. The van der Waals surface area contributed by atoms with Crippen molar-refractivity contribution in [1.29, 1.82) is 0 Å². The summed E-state index contributed by atoms with van der Waals surface area (Å²) in [6, 6.07) is 7.38. The summed E-state index contributed by atoms with van der Waals surface area (Å²) in [5.74, 6) is 4.81. The minimum absolute atomic E-state index is 0.230. The number of benzene rings is 1. The second kappa shape index (κ2) is 3.16. The SMILES string of the molecule is Cc1ccc2oc(C(=O)NN)cc2c1. The van der Waals surface area contributed by atoms with E-state index in [4.69, 9.17) is 10.3 Å². The lowest BCUT2D eigenvalue weighted by Gasteiger charge is -1.91. The fraction of sp³-hybridized carbons (Fsp3) is 0.100. The first-order chi connectivity index (χ1) is 6.70. The van der Waals surface area contributed by atoms with E-state index in [1.165, 1.54) is 0 Å². The van der Waals surface area contributed by atoms with Gasteiger partial charge < -0.3 is 4.42 Å². The molecule has 1 aromatic carbocycles. The average Bonchev–Trinajstić information content (AvgIpc) is 2.59. The molecule has 0 unspecified atom stereocenters. The third kappa shape index (κ3) is 1.36. The summed E-state index contributed by atoms with van der Waals surface area (Å²) in [7, 11) is 0. The summed E-state index contributed by atoms with van der Waals surface area (Å²) in [4.78, 5) is 11.1. The van der Waals surface area contributed by atoms with E-state index in [-0.39, 0.29) is 5.76 Å². The number of carbonyl (C=O) groups excluding carboxylic acids is 1. The maximum Gasteiger partial charge on any atom is 0.300 e. The number of nitrogen functional groups attached to an aromatic ring is 1. The Hall–Kier alpha value is -1.81. The molecule has 0 aliphatic heterocycles. The highest BCUT2D eigenvalue weighted by Gasteiger charge is 2.10. The van der Waals surface area contributed by atoms with E-state index in [0.29, 0.717) is 5.58 Å². The summed E-state index contributed by atoms with van der Waals surface area (Å²) in [6.07, 6.45) is 0. The minimum atomic E-state index is -0.418. The molecule has 4 heteroatoms. The van der Waals surface area contributed by atoms with Gasteiger partial charge in [0.15, 0.2) is 5.76 Å². The van der Waals surface area contributed by atoms with Gasteiger partial charge in [0, 0.05) is 5.39 Å². The Morgan fingerprint density at radius 2 is 2.21 bits per heavy atom. The van der Waals surface area contributed by atoms with Crippen molar-refractivity contribution in [3.63, 3.8) is 0 Å². The molecule has 0 aliphatic rings. The highest BCUT2D eigenvalue weighted by atomic mass is 16.3. The smallest absolute Gasteiger partial charge is 0.300 e. The first kappa shape index (κ1) is 8.77. The number of fused-ring (bicyclic) bond motifs is 1. The topological polar surface area (TPSA) is 68.3 Å². The number of nitrogens with one attached hydrogen (secondary N) is 1. The van der Waals surface area contributed by atoms with Crippen LogP contribution in [0.3, 0.4) is 0 Å². The van der Waals surface area contributed by atoms with E-state index in [2.05, 4.69) is 0 Å². The zero-order chi connectivity index (χ0) is 10.1. The summed E-state index contributed by atoms with van der Waals surface area (Å²) in [5, 5.41) is 0.906. The number of aryl methyl sites for hydroxylation is 1. The first-order valence-electron chi connectivity index (χ1n) is 4.22. The van der Waals surface area contributed by atoms with E-state index in [9.17, 15) is 4.79 Å². The molecule has 4 nitrogen and oxygen atoms in total. The number of hydrogen-bond donors (Lipinski definition) is 2. The number of carbonyl (C=O) groups is 1. The van der Waals surface area contributed by atoms with Gasteiger partial charge in [-0.25, -0.2) is 5.84 Å². The fourth-order valence-corrected chi connectivity index (χ4v) is 1.35. The standard InChI is InChI=1S/C10H10N2O2/c1-6-2-3-8-7(4-6)5-9(14-8)10(13)12-11/h2-5H,11H2,1H3,(H,12,13). The van der Waals surface area contributed by atoms with Gasteiger partial charge in [0.1, 0.15) is 5.58 Å². The van der Waals surface area contributed by atoms with Crippen molar-refractivity contribution in [2.75, 3.05) is 0 Å². The van der Waals surface area contributed by atoms with Crippen LogP contribution in [0.25, 0.3) is 11.0 Å². The lowest BCUT2D eigenvalue weighted by molar-refractivity contribution is 0.0928. The zero-order valence-corrected chi connectivity index (χ0v) is 7.70. The number of hydrazine groups is 1. The number of amides is 1. The normalized spacial score (nSPS) is 10.4. The molecule has 0 saturated heterocycles. The predicted octanol–water partition coefficient (Wildman–Crippen LogP) is 1.34. The van der Waals surface area contributed by atoms with Gasteiger partial charge in [-0.2, -0.15) is 0 Å². The Labute approximate surface area is 80.7 Å². The Kier molecular flexibility index (Phi) is 1.98. The van der Waals surface area contributed by atoms with E-state index in [0.717, 1.165) is 10.9 Å². The molecule has 3 N–H and O–H groups in total. The second-order valence-corrected chi connectivity index (χ2v) is 3.13. The second-order valence-electron chi connectivity index (χ2n) is 3.13. The highest BCUT2D eigenvalue weighted by Crippen LogP contribution is 2.20. The van der Waals surface area contributed by atoms with Crippen LogP contribution in [0.1, 0.15) is 16.1 Å². The van der Waals surface area contributed by atoms with Crippen LogP contribution in [0.4, 0.5) is 0 Å². The minimum Gasteiger partial charge on any atom is -0.451 e. The van der Waals surface area contributed by atoms with Gasteiger partial charge in [-0.05, 0) is 25.1 Å². The Morgan fingerprint density at radius 3 is 2.93 bits per heavy atom. The van der Waals surface area contributed by atoms with Gasteiger partial charge in [-0.3, -0.25) is 10.2 Å². The van der Waals surface area contributed by atoms with Crippen molar-refractivity contribution < 1.29 is 9.21 Å². The van der Waals surface area contributed by atoms with Crippen LogP contribution in [-0.2, 0) is 0 Å². The zero-order valence-electron chi connectivity index (χ0n) is 7.70.